The summed E-state index contributed by atoms with van der Waals surface area (Å²) in [4.78, 5) is 11.6. The lowest BCUT2D eigenvalue weighted by molar-refractivity contribution is -0.118. The number of anilines is 1. The number of benzene rings is 1. The molecule has 0 radical (unpaired) electrons. The van der Waals surface area contributed by atoms with Crippen molar-refractivity contribution in [3.05, 3.63) is 28.2 Å². The Morgan fingerprint density at radius 2 is 2.24 bits per heavy atom. The molecule has 6 heteroatoms. The first-order valence-corrected chi connectivity index (χ1v) is 5.65. The van der Waals surface area contributed by atoms with Gasteiger partial charge in [0.2, 0.25) is 5.91 Å². The molecule has 0 aliphatic rings. The van der Waals surface area contributed by atoms with Gasteiger partial charge in [0.15, 0.2) is 0 Å². The predicted molar refractivity (Wildman–Crippen MR) is 74.6 cm³/mol. The third-order valence-electron chi connectivity index (χ3n) is 2.13. The van der Waals surface area contributed by atoms with Crippen LogP contribution in [0.1, 0.15) is 5.56 Å². The van der Waals surface area contributed by atoms with Crippen molar-refractivity contribution in [1.82, 2.24) is 0 Å². The minimum atomic E-state index is -0.645. The summed E-state index contributed by atoms with van der Waals surface area (Å²) in [7, 11) is 1.51. The van der Waals surface area contributed by atoms with Gasteiger partial charge >= 0.3 is 0 Å². The second-order valence-corrected chi connectivity index (χ2v) is 4.43. The first-order chi connectivity index (χ1) is 7.54. The van der Waals surface area contributed by atoms with Crippen molar-refractivity contribution in [2.24, 2.45) is 5.73 Å². The van der Waals surface area contributed by atoms with E-state index in [-0.39, 0.29) is 24.9 Å². The number of amides is 1. The van der Waals surface area contributed by atoms with E-state index in [4.69, 9.17) is 10.5 Å². The summed E-state index contributed by atoms with van der Waals surface area (Å²) in [6.45, 7) is 2.13. The summed E-state index contributed by atoms with van der Waals surface area (Å²) in [6.07, 6.45) is 0. The second kappa shape index (κ2) is 7.66. The van der Waals surface area contributed by atoms with Crippen molar-refractivity contribution in [2.75, 3.05) is 19.0 Å². The fraction of sp³-hybridized carbons (Fsp3) is 0.364. The Morgan fingerprint density at radius 1 is 1.59 bits per heavy atom. The largest absolute Gasteiger partial charge is 0.383 e. The van der Waals surface area contributed by atoms with Crippen molar-refractivity contribution >= 4 is 39.9 Å². The van der Waals surface area contributed by atoms with Gasteiger partial charge in [-0.15, -0.1) is 12.4 Å². The van der Waals surface area contributed by atoms with Crippen LogP contribution in [0.15, 0.2) is 22.7 Å². The van der Waals surface area contributed by atoms with Crippen molar-refractivity contribution in [3.63, 3.8) is 0 Å². The Balaban J connectivity index is 0.00000256. The van der Waals surface area contributed by atoms with Crippen molar-refractivity contribution in [3.8, 4) is 0 Å². The topological polar surface area (TPSA) is 64.3 Å². The van der Waals surface area contributed by atoms with Gasteiger partial charge in [-0.2, -0.15) is 0 Å². The van der Waals surface area contributed by atoms with Gasteiger partial charge in [-0.05, 0) is 30.7 Å². The fourth-order valence-electron chi connectivity index (χ4n) is 1.25. The van der Waals surface area contributed by atoms with E-state index in [0.717, 1.165) is 15.7 Å². The molecule has 1 unspecified atom stereocenters. The number of rotatable bonds is 4. The first-order valence-electron chi connectivity index (χ1n) is 4.86. The zero-order valence-electron chi connectivity index (χ0n) is 9.70. The Hall–Kier alpha value is -0.620. The van der Waals surface area contributed by atoms with E-state index in [2.05, 4.69) is 21.2 Å². The minimum absolute atomic E-state index is 0. The van der Waals surface area contributed by atoms with Crippen LogP contribution >= 0.6 is 28.3 Å². The molecule has 0 heterocycles. The molecular formula is C11H16BrClN2O2. The smallest absolute Gasteiger partial charge is 0.243 e. The number of ether oxygens (including phenoxy) is 1. The van der Waals surface area contributed by atoms with E-state index >= 15 is 0 Å². The molecule has 1 atom stereocenters. The Labute approximate surface area is 115 Å². The maximum Gasteiger partial charge on any atom is 0.243 e. The standard InChI is InChI=1S/C11H15BrN2O2.ClH/c1-7-5-8(12)3-4-10(7)14-11(15)9(13)6-16-2;/h3-5,9H,6,13H2,1-2H3,(H,14,15);1H. The summed E-state index contributed by atoms with van der Waals surface area (Å²) in [5.74, 6) is -0.243. The minimum Gasteiger partial charge on any atom is -0.383 e. The molecule has 1 rings (SSSR count). The number of nitrogens with one attached hydrogen (secondary N) is 1. The SMILES string of the molecule is COCC(N)C(=O)Nc1ccc(Br)cc1C.Cl. The Morgan fingerprint density at radius 3 is 2.76 bits per heavy atom. The summed E-state index contributed by atoms with van der Waals surface area (Å²) < 4.78 is 5.79. The maximum absolute atomic E-state index is 11.6. The molecule has 0 fully saturated rings. The number of methoxy groups -OCH3 is 1. The quantitative estimate of drug-likeness (QED) is 0.892. The zero-order chi connectivity index (χ0) is 12.1. The molecule has 0 spiro atoms. The molecule has 17 heavy (non-hydrogen) atoms. The van der Waals surface area contributed by atoms with Crippen LogP contribution in [0.2, 0.25) is 0 Å². The summed E-state index contributed by atoms with van der Waals surface area (Å²) in [5, 5.41) is 2.76. The molecule has 1 amide bonds. The average Bonchev–Trinajstić information content (AvgIpc) is 2.22. The number of halogens is 2. The highest BCUT2D eigenvalue weighted by Crippen LogP contribution is 2.19. The third kappa shape index (κ3) is 5.04. The van der Waals surface area contributed by atoms with Gasteiger partial charge in [-0.1, -0.05) is 15.9 Å². The van der Waals surface area contributed by atoms with Gasteiger partial charge in [-0.3, -0.25) is 4.79 Å². The number of carbonyl (C=O) groups is 1. The lowest BCUT2D eigenvalue weighted by Gasteiger charge is -2.13. The van der Waals surface area contributed by atoms with Gasteiger partial charge in [0, 0.05) is 17.3 Å². The molecule has 96 valence electrons. The Kier molecular flexibility index (Phi) is 7.38. The molecule has 4 nitrogen and oxygen atoms in total. The van der Waals surface area contributed by atoms with E-state index < -0.39 is 6.04 Å². The molecule has 0 aliphatic carbocycles. The number of aryl methyl sites for hydroxylation is 1. The monoisotopic (exact) mass is 322 g/mol. The van der Waals surface area contributed by atoms with Crippen LogP contribution in [0.4, 0.5) is 5.69 Å². The number of nitrogens with two attached hydrogens (primary N) is 1. The summed E-state index contributed by atoms with van der Waals surface area (Å²) in [6, 6.07) is 4.98. The van der Waals surface area contributed by atoms with Crippen LogP contribution in [-0.4, -0.2) is 25.7 Å². The normalized spacial score (nSPS) is 11.5. The molecule has 3 N–H and O–H groups in total. The van der Waals surface area contributed by atoms with Crippen LogP contribution < -0.4 is 11.1 Å². The van der Waals surface area contributed by atoms with Gasteiger partial charge in [0.25, 0.3) is 0 Å². The summed E-state index contributed by atoms with van der Waals surface area (Å²) >= 11 is 3.36. The van der Waals surface area contributed by atoms with E-state index in [1.807, 2.05) is 25.1 Å². The molecule has 0 saturated heterocycles. The Bertz CT molecular complexity index is 388. The third-order valence-corrected chi connectivity index (χ3v) is 2.62. The van der Waals surface area contributed by atoms with Gasteiger partial charge in [-0.25, -0.2) is 0 Å². The van der Waals surface area contributed by atoms with E-state index in [1.165, 1.54) is 7.11 Å². The maximum atomic E-state index is 11.6. The van der Waals surface area contributed by atoms with Gasteiger partial charge in [0.1, 0.15) is 6.04 Å². The number of hydrogen-bond donors (Lipinski definition) is 2. The molecule has 0 bridgehead atoms. The average molecular weight is 324 g/mol. The van der Waals surface area contributed by atoms with E-state index in [0.29, 0.717) is 0 Å². The molecule has 0 saturated carbocycles. The van der Waals surface area contributed by atoms with Crippen molar-refractivity contribution < 1.29 is 9.53 Å². The first kappa shape index (κ1) is 16.4. The van der Waals surface area contributed by atoms with Crippen LogP contribution in [0.3, 0.4) is 0 Å². The van der Waals surface area contributed by atoms with Crippen molar-refractivity contribution in [1.29, 1.82) is 0 Å². The molecule has 0 aliphatic heterocycles. The van der Waals surface area contributed by atoms with E-state index in [9.17, 15) is 4.79 Å². The lowest BCUT2D eigenvalue weighted by Crippen LogP contribution is -2.39. The highest BCUT2D eigenvalue weighted by atomic mass is 79.9. The number of hydrogen-bond acceptors (Lipinski definition) is 3. The van der Waals surface area contributed by atoms with Gasteiger partial charge in [0.05, 0.1) is 6.61 Å². The molecule has 0 aromatic heterocycles. The van der Waals surface area contributed by atoms with Crippen LogP contribution in [0.5, 0.6) is 0 Å². The number of carbonyl (C=O) groups excluding carboxylic acids is 1. The lowest BCUT2D eigenvalue weighted by atomic mass is 10.2. The highest BCUT2D eigenvalue weighted by molar-refractivity contribution is 9.10. The fourth-order valence-corrected chi connectivity index (χ4v) is 1.72. The predicted octanol–water partition coefficient (Wildman–Crippen LogP) is 2.09. The second-order valence-electron chi connectivity index (χ2n) is 3.51. The van der Waals surface area contributed by atoms with E-state index in [1.54, 1.807) is 0 Å². The van der Waals surface area contributed by atoms with Crippen LogP contribution in [-0.2, 0) is 9.53 Å². The zero-order valence-corrected chi connectivity index (χ0v) is 12.1. The molecule has 1 aromatic carbocycles. The van der Waals surface area contributed by atoms with Crippen molar-refractivity contribution in [2.45, 2.75) is 13.0 Å². The molecule has 1 aromatic rings. The molecular weight excluding hydrogens is 307 g/mol. The van der Waals surface area contributed by atoms with Gasteiger partial charge < -0.3 is 15.8 Å². The van der Waals surface area contributed by atoms with Crippen LogP contribution in [0, 0.1) is 6.92 Å². The summed E-state index contributed by atoms with van der Waals surface area (Å²) in [5.41, 5.74) is 7.35. The highest BCUT2D eigenvalue weighted by Gasteiger charge is 2.13. The van der Waals surface area contributed by atoms with Crippen LogP contribution in [0.25, 0.3) is 0 Å².